The number of nitrogens with two attached hydrogens (primary N) is 1. The molecule has 0 bridgehead atoms. The second-order valence-electron chi connectivity index (χ2n) is 4.04. The zero-order chi connectivity index (χ0) is 10.7. The summed E-state index contributed by atoms with van der Waals surface area (Å²) in [5, 5.41) is 1.07. The van der Waals surface area contributed by atoms with Crippen molar-refractivity contribution in [1.29, 1.82) is 0 Å². The summed E-state index contributed by atoms with van der Waals surface area (Å²) in [5.41, 5.74) is 5.72. The van der Waals surface area contributed by atoms with E-state index in [0.717, 1.165) is 37.0 Å². The van der Waals surface area contributed by atoms with Crippen molar-refractivity contribution in [2.45, 2.75) is 26.2 Å². The van der Waals surface area contributed by atoms with Crippen LogP contribution in [0.4, 0.5) is 5.13 Å². The predicted molar refractivity (Wildman–Crippen MR) is 63.3 cm³/mol. The molecule has 1 aromatic heterocycles. The lowest BCUT2D eigenvalue weighted by Crippen LogP contribution is -2.38. The van der Waals surface area contributed by atoms with Gasteiger partial charge in [0.15, 0.2) is 0 Å². The molecule has 4 nitrogen and oxygen atoms in total. The minimum Gasteiger partial charge on any atom is -0.347 e. The molecule has 0 aliphatic carbocycles. The third kappa shape index (κ3) is 2.46. The molecule has 1 unspecified atom stereocenters. The molecule has 2 rings (SSSR count). The van der Waals surface area contributed by atoms with Crippen LogP contribution in [0.25, 0.3) is 0 Å². The van der Waals surface area contributed by atoms with Gasteiger partial charge in [-0.1, -0.05) is 6.92 Å². The first-order chi connectivity index (χ1) is 7.33. The Bertz CT molecular complexity index is 312. The van der Waals surface area contributed by atoms with Crippen LogP contribution >= 0.6 is 11.5 Å². The molecule has 1 atom stereocenters. The first-order valence-electron chi connectivity index (χ1n) is 5.61. The quantitative estimate of drug-likeness (QED) is 0.843. The maximum Gasteiger partial charge on any atom is 0.205 e. The second kappa shape index (κ2) is 4.90. The third-order valence-electron chi connectivity index (χ3n) is 2.90. The Morgan fingerprint density at radius 2 is 2.47 bits per heavy atom. The minimum absolute atomic E-state index is 0.632. The van der Waals surface area contributed by atoms with Gasteiger partial charge in [-0.2, -0.15) is 4.37 Å². The number of anilines is 1. The molecule has 1 aliphatic rings. The minimum atomic E-state index is 0.632. The Hall–Kier alpha value is -0.680. The summed E-state index contributed by atoms with van der Waals surface area (Å²) in [6.07, 6.45) is 3.40. The van der Waals surface area contributed by atoms with Crippen molar-refractivity contribution >= 4 is 16.7 Å². The fraction of sp³-hybridized carbons (Fsp3) is 0.800. The summed E-state index contributed by atoms with van der Waals surface area (Å²) in [6, 6.07) is 0. The molecule has 1 fully saturated rings. The van der Waals surface area contributed by atoms with Crippen LogP contribution in [0.2, 0.25) is 0 Å². The SMILES string of the molecule is CCc1nsc(N2CCCC(CN)C2)n1. The van der Waals surface area contributed by atoms with Gasteiger partial charge in [-0.15, -0.1) is 0 Å². The van der Waals surface area contributed by atoms with Gasteiger partial charge in [-0.3, -0.25) is 0 Å². The van der Waals surface area contributed by atoms with Crippen molar-refractivity contribution in [2.24, 2.45) is 11.7 Å². The summed E-state index contributed by atoms with van der Waals surface area (Å²) in [4.78, 5) is 6.84. The highest BCUT2D eigenvalue weighted by Crippen LogP contribution is 2.24. The maximum absolute atomic E-state index is 5.72. The second-order valence-corrected chi connectivity index (χ2v) is 4.77. The van der Waals surface area contributed by atoms with E-state index in [4.69, 9.17) is 5.73 Å². The molecule has 84 valence electrons. The van der Waals surface area contributed by atoms with Gasteiger partial charge in [-0.05, 0) is 25.3 Å². The topological polar surface area (TPSA) is 55.0 Å². The van der Waals surface area contributed by atoms with E-state index in [0.29, 0.717) is 5.92 Å². The molecule has 2 heterocycles. The van der Waals surface area contributed by atoms with Gasteiger partial charge in [0, 0.05) is 31.0 Å². The zero-order valence-corrected chi connectivity index (χ0v) is 9.96. The molecular weight excluding hydrogens is 208 g/mol. The molecule has 2 N–H and O–H groups in total. The van der Waals surface area contributed by atoms with Crippen LogP contribution in [0, 0.1) is 5.92 Å². The smallest absolute Gasteiger partial charge is 0.205 e. The monoisotopic (exact) mass is 226 g/mol. The van der Waals surface area contributed by atoms with Gasteiger partial charge in [0.2, 0.25) is 5.13 Å². The van der Waals surface area contributed by atoms with E-state index < -0.39 is 0 Å². The van der Waals surface area contributed by atoms with Crippen LogP contribution in [0.3, 0.4) is 0 Å². The zero-order valence-electron chi connectivity index (χ0n) is 9.15. The van der Waals surface area contributed by atoms with Gasteiger partial charge in [0.25, 0.3) is 0 Å². The lowest BCUT2D eigenvalue weighted by Gasteiger charge is -2.31. The predicted octanol–water partition coefficient (Wildman–Crippen LogP) is 1.28. The van der Waals surface area contributed by atoms with Crippen LogP contribution < -0.4 is 10.6 Å². The number of aromatic nitrogens is 2. The van der Waals surface area contributed by atoms with Gasteiger partial charge < -0.3 is 10.6 Å². The van der Waals surface area contributed by atoms with Crippen molar-refractivity contribution in [2.75, 3.05) is 24.5 Å². The molecule has 0 amide bonds. The largest absolute Gasteiger partial charge is 0.347 e. The fourth-order valence-electron chi connectivity index (χ4n) is 1.95. The van der Waals surface area contributed by atoms with Crippen molar-refractivity contribution in [1.82, 2.24) is 9.36 Å². The molecule has 0 radical (unpaired) electrons. The Labute approximate surface area is 94.7 Å². The number of piperidine rings is 1. The van der Waals surface area contributed by atoms with E-state index >= 15 is 0 Å². The molecule has 15 heavy (non-hydrogen) atoms. The third-order valence-corrected chi connectivity index (χ3v) is 3.71. The fourth-order valence-corrected chi connectivity index (χ4v) is 2.73. The highest BCUT2D eigenvalue weighted by molar-refractivity contribution is 7.09. The number of aryl methyl sites for hydroxylation is 1. The summed E-state index contributed by atoms with van der Waals surface area (Å²) in [6.45, 7) is 5.03. The summed E-state index contributed by atoms with van der Waals surface area (Å²) in [7, 11) is 0. The van der Waals surface area contributed by atoms with Crippen LogP contribution in [-0.2, 0) is 6.42 Å². The Kier molecular flexibility index (Phi) is 3.53. The van der Waals surface area contributed by atoms with Gasteiger partial charge in [0.1, 0.15) is 5.82 Å². The molecule has 1 aromatic rings. The van der Waals surface area contributed by atoms with Crippen molar-refractivity contribution in [3.63, 3.8) is 0 Å². The molecule has 1 saturated heterocycles. The van der Waals surface area contributed by atoms with E-state index in [9.17, 15) is 0 Å². The Morgan fingerprint density at radius 1 is 1.60 bits per heavy atom. The summed E-state index contributed by atoms with van der Waals surface area (Å²) in [5.74, 6) is 1.59. The molecule has 0 saturated carbocycles. The Balaban J connectivity index is 2.03. The number of rotatable bonds is 3. The van der Waals surface area contributed by atoms with Crippen LogP contribution in [0.5, 0.6) is 0 Å². The highest BCUT2D eigenvalue weighted by atomic mass is 32.1. The molecule has 0 spiro atoms. The number of hydrogen-bond donors (Lipinski definition) is 1. The van der Waals surface area contributed by atoms with E-state index in [1.807, 2.05) is 0 Å². The van der Waals surface area contributed by atoms with E-state index in [1.165, 1.54) is 24.4 Å². The van der Waals surface area contributed by atoms with Gasteiger partial charge in [0.05, 0.1) is 0 Å². The van der Waals surface area contributed by atoms with Gasteiger partial charge >= 0.3 is 0 Å². The first kappa shape index (κ1) is 10.8. The number of nitrogens with zero attached hydrogens (tertiary/aromatic N) is 3. The van der Waals surface area contributed by atoms with Crippen molar-refractivity contribution < 1.29 is 0 Å². The average Bonchev–Trinajstić information content (AvgIpc) is 2.78. The Morgan fingerprint density at radius 3 is 3.13 bits per heavy atom. The van der Waals surface area contributed by atoms with Crippen LogP contribution in [0.15, 0.2) is 0 Å². The molecule has 0 aromatic carbocycles. The van der Waals surface area contributed by atoms with Crippen molar-refractivity contribution in [3.05, 3.63) is 5.82 Å². The lowest BCUT2D eigenvalue weighted by molar-refractivity contribution is 0.423. The van der Waals surface area contributed by atoms with Crippen LogP contribution in [0.1, 0.15) is 25.6 Å². The maximum atomic E-state index is 5.72. The van der Waals surface area contributed by atoms with Crippen molar-refractivity contribution in [3.8, 4) is 0 Å². The van der Waals surface area contributed by atoms with Crippen LogP contribution in [-0.4, -0.2) is 29.0 Å². The van der Waals surface area contributed by atoms with Gasteiger partial charge in [-0.25, -0.2) is 4.98 Å². The lowest BCUT2D eigenvalue weighted by atomic mass is 9.99. The first-order valence-corrected chi connectivity index (χ1v) is 6.38. The summed E-state index contributed by atoms with van der Waals surface area (Å²) >= 11 is 1.52. The molecular formula is C10H18N4S. The highest BCUT2D eigenvalue weighted by Gasteiger charge is 2.21. The average molecular weight is 226 g/mol. The van der Waals surface area contributed by atoms with E-state index in [1.54, 1.807) is 0 Å². The van der Waals surface area contributed by atoms with E-state index in [2.05, 4.69) is 21.2 Å². The van der Waals surface area contributed by atoms with E-state index in [-0.39, 0.29) is 0 Å². The molecule has 5 heteroatoms. The number of hydrogen-bond acceptors (Lipinski definition) is 5. The standard InChI is InChI=1S/C10H18N4S/c1-2-9-12-10(15-13-9)14-5-3-4-8(6-11)7-14/h8H,2-7,11H2,1H3. The molecule has 1 aliphatic heterocycles. The normalized spacial score (nSPS) is 22.0. The summed E-state index contributed by atoms with van der Waals surface area (Å²) < 4.78 is 4.32.